The Hall–Kier alpha value is -1.82. The Morgan fingerprint density at radius 2 is 2.08 bits per heavy atom. The molecule has 0 saturated heterocycles. The first-order valence-electron chi connectivity index (χ1n) is 8.74. The second kappa shape index (κ2) is 6.97. The largest absolute Gasteiger partial charge is 0.311 e. The van der Waals surface area contributed by atoms with Gasteiger partial charge in [0.05, 0.1) is 5.75 Å². The molecule has 6 heteroatoms. The third kappa shape index (κ3) is 3.20. The maximum Gasteiger partial charge on any atom is 0.237 e. The lowest BCUT2D eigenvalue weighted by molar-refractivity contribution is -0.116. The third-order valence-corrected chi connectivity index (χ3v) is 5.79. The van der Waals surface area contributed by atoms with Crippen molar-refractivity contribution in [3.63, 3.8) is 0 Å². The molecule has 2 aliphatic rings. The predicted molar refractivity (Wildman–Crippen MR) is 95.4 cm³/mol. The summed E-state index contributed by atoms with van der Waals surface area (Å²) in [5.41, 5.74) is 2.33. The Balaban J connectivity index is 1.39. The van der Waals surface area contributed by atoms with Crippen LogP contribution >= 0.6 is 11.8 Å². The molecule has 1 aromatic carbocycles. The summed E-state index contributed by atoms with van der Waals surface area (Å²) in [4.78, 5) is 19.1. The van der Waals surface area contributed by atoms with Gasteiger partial charge in [-0.15, -0.1) is 5.10 Å². The molecule has 24 heavy (non-hydrogen) atoms. The Bertz CT molecular complexity index is 723. The number of aromatic nitrogens is 3. The van der Waals surface area contributed by atoms with E-state index in [2.05, 4.69) is 21.2 Å². The van der Waals surface area contributed by atoms with E-state index in [0.717, 1.165) is 30.9 Å². The number of hydrogen-bond acceptors (Lipinski definition) is 4. The van der Waals surface area contributed by atoms with Gasteiger partial charge in [-0.05, 0) is 37.3 Å². The number of rotatable bonds is 4. The van der Waals surface area contributed by atoms with Crippen molar-refractivity contribution in [1.82, 2.24) is 15.2 Å². The number of nitrogens with zero attached hydrogens (tertiary/aromatic N) is 3. The molecule has 4 rings (SSSR count). The van der Waals surface area contributed by atoms with Crippen molar-refractivity contribution in [3.8, 4) is 0 Å². The summed E-state index contributed by atoms with van der Waals surface area (Å²) in [7, 11) is 0. The lowest BCUT2D eigenvalue weighted by Gasteiger charge is -2.29. The number of para-hydroxylation sites is 1. The smallest absolute Gasteiger partial charge is 0.237 e. The number of thioether (sulfide) groups is 1. The van der Waals surface area contributed by atoms with E-state index < -0.39 is 0 Å². The first-order chi connectivity index (χ1) is 11.8. The van der Waals surface area contributed by atoms with E-state index in [1.165, 1.54) is 43.0 Å². The molecule has 1 aliphatic heterocycles. The molecule has 5 nitrogen and oxygen atoms in total. The Labute approximate surface area is 146 Å². The molecule has 1 saturated carbocycles. The second-order valence-corrected chi connectivity index (χ2v) is 7.49. The van der Waals surface area contributed by atoms with Gasteiger partial charge in [0.15, 0.2) is 0 Å². The number of carbonyl (C=O) groups excluding carboxylic acids is 1. The van der Waals surface area contributed by atoms with Crippen LogP contribution in [-0.2, 0) is 11.2 Å². The topological polar surface area (TPSA) is 61.9 Å². The lowest BCUT2D eigenvalue weighted by atomic mass is 10.0. The van der Waals surface area contributed by atoms with Gasteiger partial charge in [-0.3, -0.25) is 9.89 Å². The molecule has 2 aromatic rings. The van der Waals surface area contributed by atoms with Crippen molar-refractivity contribution in [2.24, 2.45) is 0 Å². The average molecular weight is 342 g/mol. The lowest BCUT2D eigenvalue weighted by Crippen LogP contribution is -2.36. The molecule has 1 amide bonds. The summed E-state index contributed by atoms with van der Waals surface area (Å²) in [6.07, 6.45) is 7.03. The van der Waals surface area contributed by atoms with E-state index in [-0.39, 0.29) is 5.91 Å². The molecule has 2 heterocycles. The van der Waals surface area contributed by atoms with Crippen LogP contribution in [0.15, 0.2) is 29.4 Å². The Morgan fingerprint density at radius 3 is 2.96 bits per heavy atom. The number of fused-ring (bicyclic) bond motifs is 1. The molecule has 1 aliphatic carbocycles. The van der Waals surface area contributed by atoms with Gasteiger partial charge < -0.3 is 4.90 Å². The summed E-state index contributed by atoms with van der Waals surface area (Å²) in [5.74, 6) is 2.04. The van der Waals surface area contributed by atoms with E-state index in [1.54, 1.807) is 0 Å². The van der Waals surface area contributed by atoms with Gasteiger partial charge in [-0.2, -0.15) is 0 Å². The minimum Gasteiger partial charge on any atom is -0.311 e. The van der Waals surface area contributed by atoms with E-state index >= 15 is 0 Å². The summed E-state index contributed by atoms with van der Waals surface area (Å²) >= 11 is 1.43. The molecule has 0 unspecified atom stereocenters. The van der Waals surface area contributed by atoms with Crippen LogP contribution in [0, 0.1) is 0 Å². The normalized spacial score (nSPS) is 17.9. The number of benzene rings is 1. The van der Waals surface area contributed by atoms with Gasteiger partial charge in [0.2, 0.25) is 11.1 Å². The molecule has 0 atom stereocenters. The number of aryl methyl sites for hydroxylation is 1. The van der Waals surface area contributed by atoms with Crippen LogP contribution < -0.4 is 4.90 Å². The molecule has 1 fully saturated rings. The van der Waals surface area contributed by atoms with Crippen LogP contribution in [0.5, 0.6) is 0 Å². The third-order valence-electron chi connectivity index (χ3n) is 4.96. The van der Waals surface area contributed by atoms with Gasteiger partial charge >= 0.3 is 0 Å². The van der Waals surface area contributed by atoms with Crippen LogP contribution in [0.25, 0.3) is 0 Å². The molecule has 126 valence electrons. The number of aromatic amines is 1. The highest BCUT2D eigenvalue weighted by Crippen LogP contribution is 2.33. The Kier molecular flexibility index (Phi) is 4.56. The van der Waals surface area contributed by atoms with E-state index in [0.29, 0.717) is 16.8 Å². The fourth-order valence-electron chi connectivity index (χ4n) is 3.70. The quantitative estimate of drug-likeness (QED) is 0.864. The predicted octanol–water partition coefficient (Wildman–Crippen LogP) is 3.53. The highest BCUT2D eigenvalue weighted by atomic mass is 32.2. The van der Waals surface area contributed by atoms with E-state index in [9.17, 15) is 4.79 Å². The summed E-state index contributed by atoms with van der Waals surface area (Å²) in [5, 5.41) is 8.03. The maximum atomic E-state index is 12.6. The van der Waals surface area contributed by atoms with Crippen molar-refractivity contribution in [3.05, 3.63) is 35.7 Å². The fraction of sp³-hybridized carbons (Fsp3) is 0.500. The molecular weight excluding hydrogens is 320 g/mol. The first-order valence-corrected chi connectivity index (χ1v) is 9.73. The minimum atomic E-state index is 0.138. The van der Waals surface area contributed by atoms with Crippen LogP contribution in [0.2, 0.25) is 0 Å². The van der Waals surface area contributed by atoms with Crippen LogP contribution in [0.1, 0.15) is 49.4 Å². The summed E-state index contributed by atoms with van der Waals surface area (Å²) < 4.78 is 0. The first kappa shape index (κ1) is 15.7. The van der Waals surface area contributed by atoms with Crippen molar-refractivity contribution in [2.75, 3.05) is 17.2 Å². The molecule has 0 radical (unpaired) electrons. The number of nitrogens with one attached hydrogen (secondary N) is 1. The maximum absolute atomic E-state index is 12.6. The standard InChI is InChI=1S/C18H22N4OS/c23-16(22-11-5-9-13-6-3-4-10-15(13)22)12-24-18-19-17(20-21-18)14-7-1-2-8-14/h3-4,6,10,14H,1-2,5,7-9,11-12H2,(H,19,20,21). The minimum absolute atomic E-state index is 0.138. The van der Waals surface area contributed by atoms with Crippen molar-refractivity contribution in [2.45, 2.75) is 49.6 Å². The molecule has 0 bridgehead atoms. The van der Waals surface area contributed by atoms with Crippen LogP contribution in [-0.4, -0.2) is 33.4 Å². The SMILES string of the molecule is O=C(CSc1n[nH]c(C2CCCC2)n1)N1CCCc2ccccc21. The highest BCUT2D eigenvalue weighted by molar-refractivity contribution is 7.99. The number of amides is 1. The molecule has 1 aromatic heterocycles. The highest BCUT2D eigenvalue weighted by Gasteiger charge is 2.24. The molecular formula is C18H22N4OS. The van der Waals surface area contributed by atoms with Gasteiger partial charge in [0.25, 0.3) is 0 Å². The zero-order chi connectivity index (χ0) is 16.4. The summed E-state index contributed by atoms with van der Waals surface area (Å²) in [6.45, 7) is 0.803. The van der Waals surface area contributed by atoms with Crippen molar-refractivity contribution in [1.29, 1.82) is 0 Å². The monoisotopic (exact) mass is 342 g/mol. The number of hydrogen-bond donors (Lipinski definition) is 1. The van der Waals surface area contributed by atoms with Gasteiger partial charge in [-0.25, -0.2) is 4.98 Å². The van der Waals surface area contributed by atoms with E-state index in [4.69, 9.17) is 0 Å². The number of carbonyl (C=O) groups is 1. The number of H-pyrrole nitrogens is 1. The second-order valence-electron chi connectivity index (χ2n) is 6.55. The Morgan fingerprint density at radius 1 is 1.25 bits per heavy atom. The molecule has 1 N–H and O–H groups in total. The van der Waals surface area contributed by atoms with Crippen molar-refractivity contribution >= 4 is 23.4 Å². The van der Waals surface area contributed by atoms with Crippen molar-refractivity contribution < 1.29 is 4.79 Å². The zero-order valence-electron chi connectivity index (χ0n) is 13.7. The van der Waals surface area contributed by atoms with E-state index in [1.807, 2.05) is 23.1 Å². The van der Waals surface area contributed by atoms with Gasteiger partial charge in [-0.1, -0.05) is 42.8 Å². The van der Waals surface area contributed by atoms with Crippen LogP contribution in [0.3, 0.4) is 0 Å². The fourth-order valence-corrected chi connectivity index (χ4v) is 4.38. The van der Waals surface area contributed by atoms with Gasteiger partial charge in [0, 0.05) is 18.2 Å². The zero-order valence-corrected chi connectivity index (χ0v) is 14.5. The average Bonchev–Trinajstić information content (AvgIpc) is 3.30. The number of anilines is 1. The summed E-state index contributed by atoms with van der Waals surface area (Å²) in [6, 6.07) is 8.20. The molecule has 0 spiro atoms. The van der Waals surface area contributed by atoms with Gasteiger partial charge in [0.1, 0.15) is 5.82 Å². The van der Waals surface area contributed by atoms with Crippen LogP contribution in [0.4, 0.5) is 5.69 Å².